The summed E-state index contributed by atoms with van der Waals surface area (Å²) in [5.41, 5.74) is 0.393. The number of cyclic esters (lactones) is 1. The van der Waals surface area contributed by atoms with Crippen LogP contribution in [0.25, 0.3) is 0 Å². The zero-order chi connectivity index (χ0) is 20.6. The van der Waals surface area contributed by atoms with Crippen molar-refractivity contribution in [3.05, 3.63) is 54.6 Å². The summed E-state index contributed by atoms with van der Waals surface area (Å²) in [6.45, 7) is 9.76. The molecule has 6 atom stereocenters. The van der Waals surface area contributed by atoms with E-state index < -0.39 is 22.9 Å². The van der Waals surface area contributed by atoms with E-state index in [-0.39, 0.29) is 23.7 Å². The van der Waals surface area contributed by atoms with Gasteiger partial charge in [0.2, 0.25) is 5.79 Å². The summed E-state index contributed by atoms with van der Waals surface area (Å²) in [5.74, 6) is -1.35. The second-order valence-corrected chi connectivity index (χ2v) is 9.03. The molecule has 2 aliphatic carbocycles. The molecule has 1 saturated carbocycles. The minimum absolute atomic E-state index is 0.0573. The van der Waals surface area contributed by atoms with Gasteiger partial charge in [-0.1, -0.05) is 18.2 Å². The zero-order valence-corrected chi connectivity index (χ0v) is 17.0. The molecular weight excluding hydrogens is 368 g/mol. The topological polar surface area (TPSA) is 65.0 Å². The smallest absolute Gasteiger partial charge is 0.318 e. The Kier molecular flexibility index (Phi) is 3.88. The SMILES string of the molecule is C=C[C@H]1CC[C@H](C=C)C12C[C@@]1([C@H]3Cc4ccc(OC)cc43)C(=O)O[C@@H](C)[C@]1(O)O2. The second kappa shape index (κ2) is 5.96. The lowest BCUT2D eigenvalue weighted by atomic mass is 9.56. The summed E-state index contributed by atoms with van der Waals surface area (Å²) in [6, 6.07) is 5.94. The Morgan fingerprint density at radius 1 is 1.24 bits per heavy atom. The number of fused-ring (bicyclic) bond motifs is 2. The number of carbonyl (C=O) groups excluding carboxylic acids is 1. The van der Waals surface area contributed by atoms with Crippen LogP contribution in [-0.2, 0) is 20.7 Å². The number of rotatable bonds is 4. The van der Waals surface area contributed by atoms with Crippen LogP contribution < -0.4 is 4.74 Å². The number of esters is 1. The van der Waals surface area contributed by atoms with Crippen LogP contribution in [-0.4, -0.2) is 35.7 Å². The van der Waals surface area contributed by atoms with Crippen LogP contribution in [0.5, 0.6) is 5.75 Å². The Balaban J connectivity index is 1.66. The first kappa shape index (κ1) is 18.9. The molecule has 1 spiro atoms. The number of ether oxygens (including phenoxy) is 3. The van der Waals surface area contributed by atoms with Crippen molar-refractivity contribution in [2.75, 3.05) is 7.11 Å². The van der Waals surface area contributed by atoms with Crippen molar-refractivity contribution in [1.29, 1.82) is 0 Å². The molecule has 1 aromatic carbocycles. The molecule has 5 heteroatoms. The van der Waals surface area contributed by atoms with Crippen molar-refractivity contribution in [3.8, 4) is 5.75 Å². The molecule has 3 fully saturated rings. The van der Waals surface area contributed by atoms with Crippen LogP contribution in [0.2, 0.25) is 0 Å². The highest BCUT2D eigenvalue weighted by atomic mass is 16.7. The molecule has 0 radical (unpaired) electrons. The number of carbonyl (C=O) groups is 1. The highest BCUT2D eigenvalue weighted by Gasteiger charge is 2.80. The van der Waals surface area contributed by atoms with E-state index in [2.05, 4.69) is 13.2 Å². The molecule has 0 unspecified atom stereocenters. The van der Waals surface area contributed by atoms with E-state index in [1.165, 1.54) is 5.56 Å². The average Bonchev–Trinajstić information content (AvgIpc) is 3.23. The summed E-state index contributed by atoms with van der Waals surface area (Å²) in [4.78, 5) is 13.4. The average molecular weight is 396 g/mol. The van der Waals surface area contributed by atoms with Gasteiger partial charge in [0.05, 0.1) is 12.7 Å². The van der Waals surface area contributed by atoms with Gasteiger partial charge in [-0.2, -0.15) is 0 Å². The largest absolute Gasteiger partial charge is 0.497 e. The van der Waals surface area contributed by atoms with Gasteiger partial charge in [0.1, 0.15) is 11.2 Å². The number of hydrogen-bond donors (Lipinski definition) is 1. The third kappa shape index (κ3) is 2.05. The van der Waals surface area contributed by atoms with E-state index in [4.69, 9.17) is 14.2 Å². The third-order valence-electron chi connectivity index (χ3n) is 8.10. The van der Waals surface area contributed by atoms with Crippen molar-refractivity contribution in [2.24, 2.45) is 17.3 Å². The van der Waals surface area contributed by atoms with Crippen molar-refractivity contribution in [3.63, 3.8) is 0 Å². The molecule has 0 amide bonds. The van der Waals surface area contributed by atoms with Crippen LogP contribution in [0.1, 0.15) is 43.2 Å². The van der Waals surface area contributed by atoms with Gasteiger partial charge in [-0.25, -0.2) is 0 Å². The van der Waals surface area contributed by atoms with Gasteiger partial charge in [0, 0.05) is 17.8 Å². The van der Waals surface area contributed by atoms with Crippen LogP contribution in [0.4, 0.5) is 0 Å². The van der Waals surface area contributed by atoms with Gasteiger partial charge < -0.3 is 19.3 Å². The Morgan fingerprint density at radius 2 is 1.93 bits per heavy atom. The molecular formula is C24H28O5. The monoisotopic (exact) mass is 396 g/mol. The summed E-state index contributed by atoms with van der Waals surface area (Å²) in [5, 5.41) is 11.9. The van der Waals surface area contributed by atoms with Crippen LogP contribution >= 0.6 is 0 Å². The second-order valence-electron chi connectivity index (χ2n) is 9.03. The fraction of sp³-hybridized carbons (Fsp3) is 0.542. The van der Waals surface area contributed by atoms with E-state index in [9.17, 15) is 9.90 Å². The lowest BCUT2D eigenvalue weighted by molar-refractivity contribution is -0.278. The predicted molar refractivity (Wildman–Crippen MR) is 107 cm³/mol. The third-order valence-corrected chi connectivity index (χ3v) is 8.10. The molecule has 2 aliphatic heterocycles. The molecule has 1 N–H and O–H groups in total. The van der Waals surface area contributed by atoms with Crippen LogP contribution in [0.3, 0.4) is 0 Å². The van der Waals surface area contributed by atoms with Gasteiger partial charge in [0.25, 0.3) is 0 Å². The molecule has 2 heterocycles. The van der Waals surface area contributed by atoms with E-state index in [1.807, 2.05) is 30.4 Å². The van der Waals surface area contributed by atoms with Gasteiger partial charge in [-0.15, -0.1) is 13.2 Å². The fourth-order valence-electron chi connectivity index (χ4n) is 6.52. The van der Waals surface area contributed by atoms with Gasteiger partial charge >= 0.3 is 5.97 Å². The highest BCUT2D eigenvalue weighted by Crippen LogP contribution is 2.70. The molecule has 0 aromatic heterocycles. The minimum Gasteiger partial charge on any atom is -0.497 e. The minimum atomic E-state index is -1.68. The lowest BCUT2D eigenvalue weighted by Gasteiger charge is -2.44. The Hall–Kier alpha value is -2.11. The first-order chi connectivity index (χ1) is 13.9. The van der Waals surface area contributed by atoms with Gasteiger partial charge in [-0.3, -0.25) is 4.79 Å². The maximum Gasteiger partial charge on any atom is 0.318 e. The maximum absolute atomic E-state index is 13.4. The van der Waals surface area contributed by atoms with Crippen LogP contribution in [0, 0.1) is 17.3 Å². The number of benzene rings is 1. The Bertz CT molecular complexity index is 891. The van der Waals surface area contributed by atoms with Gasteiger partial charge in [-0.05, 0) is 55.9 Å². The van der Waals surface area contributed by atoms with Crippen LogP contribution in [0.15, 0.2) is 43.5 Å². The predicted octanol–water partition coefficient (Wildman–Crippen LogP) is 3.51. The summed E-state index contributed by atoms with van der Waals surface area (Å²) in [6.07, 6.45) is 6.02. The normalized spacial score (nSPS) is 41.4. The molecule has 154 valence electrons. The highest BCUT2D eigenvalue weighted by molar-refractivity contribution is 5.84. The quantitative estimate of drug-likeness (QED) is 0.623. The number of methoxy groups -OCH3 is 1. The standard InChI is InChI=1S/C24H28O5/c1-5-16-8-9-17(6-2)23(16)13-22(21(25)28-14(3)24(22,26)29-23)20-11-15-7-10-18(27-4)12-19(15)20/h5-7,10,12,14,16-17,20,26H,1-2,8-9,11,13H2,3-4H3/t14-,16-,17-,20-,22+,24-/m0/s1. The number of aliphatic hydroxyl groups is 1. The zero-order valence-electron chi connectivity index (χ0n) is 17.0. The maximum atomic E-state index is 13.4. The van der Waals surface area contributed by atoms with E-state index in [1.54, 1.807) is 14.0 Å². The van der Waals surface area contributed by atoms with E-state index >= 15 is 0 Å². The molecule has 4 aliphatic rings. The lowest BCUT2D eigenvalue weighted by Crippen LogP contribution is -2.54. The van der Waals surface area contributed by atoms with Crippen molar-refractivity contribution in [2.45, 2.75) is 56.0 Å². The molecule has 29 heavy (non-hydrogen) atoms. The molecule has 1 aromatic rings. The molecule has 0 bridgehead atoms. The summed E-state index contributed by atoms with van der Waals surface area (Å²) >= 11 is 0. The molecule has 5 rings (SSSR count). The van der Waals surface area contributed by atoms with Crippen molar-refractivity contribution < 1.29 is 24.1 Å². The summed E-state index contributed by atoms with van der Waals surface area (Å²) < 4.78 is 17.6. The van der Waals surface area contributed by atoms with Crippen molar-refractivity contribution >= 4 is 5.97 Å². The first-order valence-electron chi connectivity index (χ1n) is 10.4. The first-order valence-corrected chi connectivity index (χ1v) is 10.4. The van der Waals surface area contributed by atoms with Gasteiger partial charge in [0.15, 0.2) is 6.10 Å². The van der Waals surface area contributed by atoms with E-state index in [0.717, 1.165) is 24.2 Å². The Labute approximate surface area is 171 Å². The summed E-state index contributed by atoms with van der Waals surface area (Å²) in [7, 11) is 1.63. The Morgan fingerprint density at radius 3 is 2.55 bits per heavy atom. The molecule has 2 saturated heterocycles. The number of hydrogen-bond acceptors (Lipinski definition) is 5. The van der Waals surface area contributed by atoms with Crippen molar-refractivity contribution in [1.82, 2.24) is 0 Å². The fourth-order valence-corrected chi connectivity index (χ4v) is 6.52. The van der Waals surface area contributed by atoms with E-state index in [0.29, 0.717) is 12.8 Å². The molecule has 5 nitrogen and oxygen atoms in total.